The van der Waals surface area contributed by atoms with Crippen LogP contribution in [0.2, 0.25) is 0 Å². The third-order valence-corrected chi connectivity index (χ3v) is 7.03. The van der Waals surface area contributed by atoms with Crippen molar-refractivity contribution in [2.24, 2.45) is 14.1 Å². The molecule has 27 heavy (non-hydrogen) atoms. The van der Waals surface area contributed by atoms with Gasteiger partial charge in [0.2, 0.25) is 10.0 Å². The number of imidazole rings is 1. The van der Waals surface area contributed by atoms with Gasteiger partial charge < -0.3 is 4.74 Å². The maximum atomic E-state index is 13.0. The number of aromatic nitrogens is 2. The Kier molecular flexibility index (Phi) is 5.49. The SMILES string of the molecule is C[C@@H]1CN(CCN(C)S(=O)(=O)c2ccc3c(c2)n(C)c(=O)n3C)C[C@H](C)O1. The number of aryl methyl sites for hydroxylation is 2. The highest BCUT2D eigenvalue weighted by molar-refractivity contribution is 7.89. The maximum Gasteiger partial charge on any atom is 0.328 e. The van der Waals surface area contributed by atoms with Gasteiger partial charge in [0.15, 0.2) is 0 Å². The smallest absolute Gasteiger partial charge is 0.328 e. The van der Waals surface area contributed by atoms with E-state index in [9.17, 15) is 13.2 Å². The van der Waals surface area contributed by atoms with E-state index in [0.717, 1.165) is 13.1 Å². The Morgan fingerprint density at radius 2 is 1.70 bits per heavy atom. The topological polar surface area (TPSA) is 76.8 Å². The predicted molar refractivity (Wildman–Crippen MR) is 104 cm³/mol. The van der Waals surface area contributed by atoms with Gasteiger partial charge in [-0.15, -0.1) is 0 Å². The van der Waals surface area contributed by atoms with Gasteiger partial charge in [0.1, 0.15) is 0 Å². The molecule has 0 radical (unpaired) electrons. The van der Waals surface area contributed by atoms with E-state index >= 15 is 0 Å². The lowest BCUT2D eigenvalue weighted by molar-refractivity contribution is -0.0681. The summed E-state index contributed by atoms with van der Waals surface area (Å²) in [6, 6.07) is 4.82. The Morgan fingerprint density at radius 3 is 2.33 bits per heavy atom. The van der Waals surface area contributed by atoms with Crippen molar-refractivity contribution >= 4 is 21.1 Å². The van der Waals surface area contributed by atoms with E-state index in [-0.39, 0.29) is 22.8 Å². The van der Waals surface area contributed by atoms with Gasteiger partial charge in [0.05, 0.1) is 28.1 Å². The van der Waals surface area contributed by atoms with Crippen molar-refractivity contribution in [1.82, 2.24) is 18.3 Å². The van der Waals surface area contributed by atoms with Crippen LogP contribution in [0.25, 0.3) is 11.0 Å². The lowest BCUT2D eigenvalue weighted by Gasteiger charge is -2.35. The van der Waals surface area contributed by atoms with E-state index in [2.05, 4.69) is 4.90 Å². The molecule has 0 unspecified atom stereocenters. The standard InChI is InChI=1S/C18H28N4O4S/c1-13-11-22(12-14(2)26-13)9-8-19(3)27(24,25)15-6-7-16-17(10-15)21(5)18(23)20(16)4/h6-7,10,13-14H,8-9,11-12H2,1-5H3/t13-,14+. The second-order valence-electron chi connectivity index (χ2n) is 7.39. The molecule has 1 aliphatic rings. The molecule has 150 valence electrons. The molecule has 9 heteroatoms. The Bertz CT molecular complexity index is 985. The number of ether oxygens (including phenoxy) is 1. The lowest BCUT2D eigenvalue weighted by Crippen LogP contribution is -2.48. The summed E-state index contributed by atoms with van der Waals surface area (Å²) >= 11 is 0. The summed E-state index contributed by atoms with van der Waals surface area (Å²) in [5.74, 6) is 0. The van der Waals surface area contributed by atoms with E-state index in [1.54, 1.807) is 39.3 Å². The van der Waals surface area contributed by atoms with Gasteiger partial charge in [-0.3, -0.25) is 14.0 Å². The van der Waals surface area contributed by atoms with Crippen LogP contribution in [-0.2, 0) is 28.9 Å². The van der Waals surface area contributed by atoms with E-state index in [0.29, 0.717) is 24.1 Å². The molecule has 0 aliphatic carbocycles. The van der Waals surface area contributed by atoms with Crippen LogP contribution in [0.1, 0.15) is 13.8 Å². The molecule has 2 atom stereocenters. The summed E-state index contributed by atoms with van der Waals surface area (Å²) in [6.07, 6.45) is 0.301. The molecule has 1 aromatic carbocycles. The molecular formula is C18H28N4O4S. The largest absolute Gasteiger partial charge is 0.373 e. The van der Waals surface area contributed by atoms with E-state index < -0.39 is 10.0 Å². The highest BCUT2D eigenvalue weighted by atomic mass is 32.2. The van der Waals surface area contributed by atoms with Crippen LogP contribution >= 0.6 is 0 Å². The summed E-state index contributed by atoms with van der Waals surface area (Å²) < 4.78 is 36.0. The second-order valence-corrected chi connectivity index (χ2v) is 9.44. The minimum atomic E-state index is -3.63. The number of rotatable bonds is 5. The van der Waals surface area contributed by atoms with Gasteiger partial charge in [-0.05, 0) is 32.0 Å². The maximum absolute atomic E-state index is 13.0. The molecule has 1 saturated heterocycles. The Balaban J connectivity index is 1.78. The third kappa shape index (κ3) is 3.82. The number of nitrogens with zero attached hydrogens (tertiary/aromatic N) is 4. The van der Waals surface area contributed by atoms with Crippen molar-refractivity contribution in [1.29, 1.82) is 0 Å². The Labute approximate surface area is 160 Å². The van der Waals surface area contributed by atoms with Crippen molar-refractivity contribution < 1.29 is 13.2 Å². The molecule has 0 saturated carbocycles. The lowest BCUT2D eigenvalue weighted by atomic mass is 10.2. The minimum Gasteiger partial charge on any atom is -0.373 e. The average Bonchev–Trinajstić information content (AvgIpc) is 2.83. The van der Waals surface area contributed by atoms with Crippen molar-refractivity contribution in [3.05, 3.63) is 28.7 Å². The number of sulfonamides is 1. The number of hydrogen-bond acceptors (Lipinski definition) is 5. The van der Waals surface area contributed by atoms with E-state index in [1.165, 1.54) is 13.4 Å². The fourth-order valence-corrected chi connectivity index (χ4v) is 4.88. The Hall–Kier alpha value is -1.68. The van der Waals surface area contributed by atoms with Crippen molar-refractivity contribution in [2.45, 2.75) is 31.0 Å². The molecule has 0 N–H and O–H groups in total. The van der Waals surface area contributed by atoms with Gasteiger partial charge in [-0.1, -0.05) is 0 Å². The van der Waals surface area contributed by atoms with Gasteiger partial charge in [0.25, 0.3) is 0 Å². The van der Waals surface area contributed by atoms with Gasteiger partial charge in [-0.25, -0.2) is 13.2 Å². The van der Waals surface area contributed by atoms with Gasteiger partial charge >= 0.3 is 5.69 Å². The summed E-state index contributed by atoms with van der Waals surface area (Å²) in [5.41, 5.74) is 1.14. The monoisotopic (exact) mass is 396 g/mol. The predicted octanol–water partition coefficient (Wildman–Crippen LogP) is 0.607. The normalized spacial score (nSPS) is 22.0. The van der Waals surface area contributed by atoms with Gasteiger partial charge in [0, 0.05) is 47.3 Å². The van der Waals surface area contributed by atoms with E-state index in [4.69, 9.17) is 4.74 Å². The first-order valence-electron chi connectivity index (χ1n) is 9.11. The molecule has 3 rings (SSSR count). The molecule has 1 aliphatic heterocycles. The van der Waals surface area contributed by atoms with Crippen LogP contribution in [0, 0.1) is 0 Å². The number of hydrogen-bond donors (Lipinski definition) is 0. The fourth-order valence-electron chi connectivity index (χ4n) is 3.70. The Morgan fingerprint density at radius 1 is 1.11 bits per heavy atom. The van der Waals surface area contributed by atoms with Crippen LogP contribution in [0.15, 0.2) is 27.9 Å². The molecule has 0 amide bonds. The fraction of sp³-hybridized carbons (Fsp3) is 0.611. The zero-order valence-corrected chi connectivity index (χ0v) is 17.4. The minimum absolute atomic E-state index is 0.150. The van der Waals surface area contributed by atoms with E-state index in [1.807, 2.05) is 13.8 Å². The van der Waals surface area contributed by atoms with Crippen LogP contribution in [0.3, 0.4) is 0 Å². The molecule has 0 spiro atoms. The average molecular weight is 397 g/mol. The molecule has 0 bridgehead atoms. The van der Waals surface area contributed by atoms with Crippen molar-refractivity contribution in [3.63, 3.8) is 0 Å². The van der Waals surface area contributed by atoms with Crippen molar-refractivity contribution in [3.8, 4) is 0 Å². The molecule has 2 aromatic rings. The van der Waals surface area contributed by atoms with Crippen molar-refractivity contribution in [2.75, 3.05) is 33.2 Å². The second kappa shape index (κ2) is 7.38. The molecule has 8 nitrogen and oxygen atoms in total. The van der Waals surface area contributed by atoms with Crippen LogP contribution < -0.4 is 5.69 Å². The number of morpholine rings is 1. The highest BCUT2D eigenvalue weighted by Crippen LogP contribution is 2.20. The first-order valence-corrected chi connectivity index (χ1v) is 10.5. The summed E-state index contributed by atoms with van der Waals surface area (Å²) in [4.78, 5) is 14.5. The van der Waals surface area contributed by atoms with Crippen LogP contribution in [0.4, 0.5) is 0 Å². The molecule has 1 aromatic heterocycles. The zero-order valence-electron chi connectivity index (χ0n) is 16.5. The number of fused-ring (bicyclic) bond motifs is 1. The number of benzene rings is 1. The molecule has 2 heterocycles. The zero-order chi connectivity index (χ0) is 19.9. The first kappa shape index (κ1) is 20.1. The summed E-state index contributed by atoms with van der Waals surface area (Å²) in [7, 11) is 1.29. The summed E-state index contributed by atoms with van der Waals surface area (Å²) in [6.45, 7) is 6.71. The third-order valence-electron chi connectivity index (χ3n) is 5.18. The van der Waals surface area contributed by atoms with Gasteiger partial charge in [-0.2, -0.15) is 4.31 Å². The molecular weight excluding hydrogens is 368 g/mol. The molecule has 1 fully saturated rings. The summed E-state index contributed by atoms with van der Waals surface area (Å²) in [5, 5.41) is 0. The number of likely N-dealkylation sites (N-methyl/N-ethyl adjacent to an activating group) is 1. The van der Waals surface area contributed by atoms with Crippen LogP contribution in [0.5, 0.6) is 0 Å². The highest BCUT2D eigenvalue weighted by Gasteiger charge is 2.25. The first-order chi connectivity index (χ1) is 12.6. The van der Waals surface area contributed by atoms with Crippen LogP contribution in [-0.4, -0.2) is 72.2 Å². The quantitative estimate of drug-likeness (QED) is 0.740.